The van der Waals surface area contributed by atoms with Gasteiger partial charge in [0.2, 0.25) is 8.40 Å². The van der Waals surface area contributed by atoms with E-state index in [-0.39, 0.29) is 0 Å². The summed E-state index contributed by atoms with van der Waals surface area (Å²) in [6.07, 6.45) is 2.59. The van der Waals surface area contributed by atoms with Gasteiger partial charge in [-0.3, -0.25) is 0 Å². The highest BCUT2D eigenvalue weighted by Gasteiger charge is 2.37. The van der Waals surface area contributed by atoms with Crippen LogP contribution in [0.4, 0.5) is 0 Å². The molecule has 0 bridgehead atoms. The minimum absolute atomic E-state index is 1.14. The van der Waals surface area contributed by atoms with Crippen molar-refractivity contribution in [2.24, 2.45) is 0 Å². The van der Waals surface area contributed by atoms with Gasteiger partial charge in [0.1, 0.15) is 0 Å². The second-order valence-corrected chi connectivity index (χ2v) is 8.45. The summed E-state index contributed by atoms with van der Waals surface area (Å²) in [7, 11) is 2.85. The molecule has 2 nitrogen and oxygen atoms in total. The van der Waals surface area contributed by atoms with Crippen molar-refractivity contribution >= 4 is 8.40 Å². The molecule has 0 heterocycles. The molecule has 3 heteroatoms. The van der Waals surface area contributed by atoms with E-state index >= 15 is 0 Å². The van der Waals surface area contributed by atoms with Crippen LogP contribution in [0.15, 0.2) is 12.3 Å². The average Bonchev–Trinajstić information content (AvgIpc) is 2.24. The highest BCUT2D eigenvalue weighted by molar-refractivity contribution is 6.79. The van der Waals surface area contributed by atoms with Gasteiger partial charge in [0, 0.05) is 0 Å². The van der Waals surface area contributed by atoms with Crippen LogP contribution < -0.4 is 0 Å². The van der Waals surface area contributed by atoms with E-state index in [2.05, 4.69) is 56.3 Å². The predicted octanol–water partition coefficient (Wildman–Crippen LogP) is 2.86. The van der Waals surface area contributed by atoms with E-state index < -0.39 is 8.40 Å². The maximum atomic E-state index is 4.10. The highest BCUT2D eigenvalue weighted by atomic mass is 28.3. The van der Waals surface area contributed by atoms with Gasteiger partial charge in [0.15, 0.2) is 0 Å². The van der Waals surface area contributed by atoms with Crippen LogP contribution in [0.3, 0.4) is 0 Å². The Morgan fingerprint density at radius 3 is 1.93 bits per heavy atom. The Balaban J connectivity index is 4.85. The Bertz CT molecular complexity index is 178. The highest BCUT2D eigenvalue weighted by Crippen LogP contribution is 2.22. The van der Waals surface area contributed by atoms with Crippen LogP contribution in [-0.4, -0.2) is 44.7 Å². The predicted molar refractivity (Wildman–Crippen MR) is 72.3 cm³/mol. The number of hydrogen-bond acceptors (Lipinski definition) is 2. The molecular weight excluding hydrogens is 200 g/mol. The van der Waals surface area contributed by atoms with E-state index in [1.54, 1.807) is 0 Å². The fraction of sp³-hybridized carbons (Fsp3) is 0.833. The maximum Gasteiger partial charge on any atom is 0.231 e. The number of hydrogen-bond donors (Lipinski definition) is 0. The van der Waals surface area contributed by atoms with Crippen LogP contribution in [0.25, 0.3) is 0 Å². The molecule has 0 aliphatic heterocycles. The van der Waals surface area contributed by atoms with E-state index in [4.69, 9.17) is 0 Å². The minimum Gasteiger partial charge on any atom is -0.314 e. The van der Waals surface area contributed by atoms with Gasteiger partial charge in [0.05, 0.1) is 0 Å². The normalized spacial score (nSPS) is 15.7. The van der Waals surface area contributed by atoms with Crippen LogP contribution >= 0.6 is 0 Å². The van der Waals surface area contributed by atoms with Gasteiger partial charge >= 0.3 is 0 Å². The SMILES string of the molecule is C=C[Si](CCCC)(N(C)C)N(CC)CC. The average molecular weight is 228 g/mol. The van der Waals surface area contributed by atoms with Crippen LogP contribution in [0.2, 0.25) is 6.04 Å². The molecule has 0 saturated carbocycles. The maximum absolute atomic E-state index is 4.10. The molecule has 0 aromatic carbocycles. The molecule has 0 aromatic heterocycles. The monoisotopic (exact) mass is 228 g/mol. The first-order valence-corrected chi connectivity index (χ1v) is 8.32. The van der Waals surface area contributed by atoms with Gasteiger partial charge in [-0.2, -0.15) is 0 Å². The lowest BCUT2D eigenvalue weighted by molar-refractivity contribution is 0.402. The molecule has 0 rings (SSSR count). The molecule has 0 N–H and O–H groups in total. The molecule has 0 fully saturated rings. The molecule has 0 radical (unpaired) electrons. The Hall–Kier alpha value is -0.123. The summed E-state index contributed by atoms with van der Waals surface area (Å²) < 4.78 is 5.05. The quantitative estimate of drug-likeness (QED) is 0.590. The zero-order chi connectivity index (χ0) is 11.9. The molecule has 15 heavy (non-hydrogen) atoms. The van der Waals surface area contributed by atoms with Gasteiger partial charge < -0.3 is 9.13 Å². The van der Waals surface area contributed by atoms with Gasteiger partial charge in [-0.1, -0.05) is 39.3 Å². The zero-order valence-electron chi connectivity index (χ0n) is 11.2. The third kappa shape index (κ3) is 3.43. The summed E-state index contributed by atoms with van der Waals surface area (Å²) in [5, 5.41) is 0. The topological polar surface area (TPSA) is 6.48 Å². The molecule has 0 saturated heterocycles. The Kier molecular flexibility index (Phi) is 7.14. The number of rotatable bonds is 8. The van der Waals surface area contributed by atoms with Crippen molar-refractivity contribution in [3.8, 4) is 0 Å². The first kappa shape index (κ1) is 14.9. The largest absolute Gasteiger partial charge is 0.314 e. The van der Waals surface area contributed by atoms with Crippen molar-refractivity contribution in [3.05, 3.63) is 12.3 Å². The van der Waals surface area contributed by atoms with Gasteiger partial charge in [-0.15, -0.1) is 6.58 Å². The summed E-state index contributed by atoms with van der Waals surface area (Å²) in [6, 6.07) is 1.31. The van der Waals surface area contributed by atoms with Crippen LogP contribution in [-0.2, 0) is 0 Å². The second kappa shape index (κ2) is 7.20. The van der Waals surface area contributed by atoms with Gasteiger partial charge in [-0.05, 0) is 33.2 Å². The zero-order valence-corrected chi connectivity index (χ0v) is 12.2. The van der Waals surface area contributed by atoms with E-state index in [0.717, 1.165) is 13.1 Å². The smallest absolute Gasteiger partial charge is 0.231 e. The van der Waals surface area contributed by atoms with E-state index in [0.29, 0.717) is 0 Å². The van der Waals surface area contributed by atoms with Crippen molar-refractivity contribution in [2.45, 2.75) is 39.7 Å². The lowest BCUT2D eigenvalue weighted by Crippen LogP contribution is -2.62. The first-order chi connectivity index (χ1) is 7.08. The third-order valence-corrected chi connectivity index (χ3v) is 8.33. The molecule has 0 spiro atoms. The minimum atomic E-state index is -1.57. The Morgan fingerprint density at radius 1 is 1.13 bits per heavy atom. The van der Waals surface area contributed by atoms with Crippen molar-refractivity contribution in [2.75, 3.05) is 27.2 Å². The van der Waals surface area contributed by atoms with Crippen molar-refractivity contribution < 1.29 is 0 Å². The number of nitrogens with zero attached hydrogens (tertiary/aromatic N) is 2. The fourth-order valence-corrected chi connectivity index (χ4v) is 6.41. The third-order valence-electron chi connectivity index (χ3n) is 3.31. The van der Waals surface area contributed by atoms with Crippen LogP contribution in [0.1, 0.15) is 33.6 Å². The van der Waals surface area contributed by atoms with Gasteiger partial charge in [-0.25, -0.2) is 0 Å². The van der Waals surface area contributed by atoms with E-state index in [9.17, 15) is 0 Å². The van der Waals surface area contributed by atoms with E-state index in [1.165, 1.54) is 18.9 Å². The lowest BCUT2D eigenvalue weighted by Gasteiger charge is -2.43. The van der Waals surface area contributed by atoms with Crippen LogP contribution in [0.5, 0.6) is 0 Å². The first-order valence-electron chi connectivity index (χ1n) is 6.15. The summed E-state index contributed by atoms with van der Waals surface area (Å²) >= 11 is 0. The lowest BCUT2D eigenvalue weighted by atomic mass is 10.4. The molecular formula is C12H28N2Si. The summed E-state index contributed by atoms with van der Waals surface area (Å²) in [4.78, 5) is 0. The molecule has 0 aromatic rings. The number of unbranched alkanes of at least 4 members (excludes halogenated alkanes) is 1. The van der Waals surface area contributed by atoms with E-state index in [1.807, 2.05) is 0 Å². The summed E-state index contributed by atoms with van der Waals surface area (Å²) in [5.41, 5.74) is 2.25. The fourth-order valence-electron chi connectivity index (χ4n) is 2.29. The molecule has 90 valence electrons. The Labute approximate surface area is 97.1 Å². The molecule has 0 aliphatic rings. The standard InChI is InChI=1S/C12H28N2Si/c1-7-11-12-15(10-4,13(5)6)14(8-2)9-3/h10H,4,7-9,11-12H2,1-3,5-6H3. The molecule has 0 amide bonds. The van der Waals surface area contributed by atoms with Crippen LogP contribution in [0, 0.1) is 0 Å². The molecule has 0 aliphatic carbocycles. The van der Waals surface area contributed by atoms with Gasteiger partial charge in [0.25, 0.3) is 0 Å². The van der Waals surface area contributed by atoms with Crippen molar-refractivity contribution in [1.29, 1.82) is 0 Å². The second-order valence-electron chi connectivity index (χ2n) is 4.25. The van der Waals surface area contributed by atoms with Crippen molar-refractivity contribution in [3.63, 3.8) is 0 Å². The van der Waals surface area contributed by atoms with Crippen molar-refractivity contribution in [1.82, 2.24) is 9.13 Å². The Morgan fingerprint density at radius 2 is 1.67 bits per heavy atom. The summed E-state index contributed by atoms with van der Waals surface area (Å²) in [6.45, 7) is 13.1. The molecule has 1 atom stereocenters. The molecule has 1 unspecified atom stereocenters. The summed E-state index contributed by atoms with van der Waals surface area (Å²) in [5.74, 6) is 0.